The van der Waals surface area contributed by atoms with Gasteiger partial charge in [0.1, 0.15) is 13.2 Å². The van der Waals surface area contributed by atoms with E-state index in [1.165, 1.54) is 0 Å². The lowest BCUT2D eigenvalue weighted by atomic mass is 9.84. The van der Waals surface area contributed by atoms with Crippen molar-refractivity contribution in [3.05, 3.63) is 24.8 Å². The highest BCUT2D eigenvalue weighted by Crippen LogP contribution is 2.36. The van der Waals surface area contributed by atoms with Gasteiger partial charge >= 0.3 is 11.9 Å². The summed E-state index contributed by atoms with van der Waals surface area (Å²) in [6.45, 7) is 15.7. The fourth-order valence-electron chi connectivity index (χ4n) is 2.62. The molecular formula is C19H30O6. The standard InChI is InChI=1S/C19H30O6/c1-7-9-19(6,13-23-16(21)14(3)4)17-24-11-18(5,12-25-17)10-22-15(20)8-2/h8,17H,2-3,7,9-13H2,1,4-6H3. The minimum Gasteiger partial charge on any atom is -0.462 e. The van der Waals surface area contributed by atoms with Gasteiger partial charge in [-0.15, -0.1) is 0 Å². The number of hydrogen-bond acceptors (Lipinski definition) is 6. The normalized spacial score (nSPS) is 25.5. The fourth-order valence-corrected chi connectivity index (χ4v) is 2.62. The lowest BCUT2D eigenvalue weighted by Crippen LogP contribution is -2.50. The van der Waals surface area contributed by atoms with Crippen molar-refractivity contribution in [2.24, 2.45) is 10.8 Å². The van der Waals surface area contributed by atoms with E-state index in [1.807, 2.05) is 13.8 Å². The van der Waals surface area contributed by atoms with E-state index in [0.29, 0.717) is 18.8 Å². The van der Waals surface area contributed by atoms with E-state index in [0.717, 1.165) is 18.9 Å². The molecule has 0 aromatic heterocycles. The highest BCUT2D eigenvalue weighted by Gasteiger charge is 2.43. The summed E-state index contributed by atoms with van der Waals surface area (Å²) in [5.41, 5.74) is -0.517. The van der Waals surface area contributed by atoms with Crippen molar-refractivity contribution in [3.63, 3.8) is 0 Å². The maximum absolute atomic E-state index is 11.7. The van der Waals surface area contributed by atoms with Gasteiger partial charge < -0.3 is 18.9 Å². The molecular weight excluding hydrogens is 324 g/mol. The average Bonchev–Trinajstić information content (AvgIpc) is 2.58. The van der Waals surface area contributed by atoms with Gasteiger partial charge in [-0.05, 0) is 13.3 Å². The molecule has 0 aliphatic carbocycles. The van der Waals surface area contributed by atoms with Crippen LogP contribution in [0.5, 0.6) is 0 Å². The second kappa shape index (κ2) is 9.15. The number of rotatable bonds is 9. The SMILES string of the molecule is C=CC(=O)OCC1(C)COC(C(C)(CCC)COC(=O)C(=C)C)OC1. The summed E-state index contributed by atoms with van der Waals surface area (Å²) in [6, 6.07) is 0. The highest BCUT2D eigenvalue weighted by molar-refractivity contribution is 5.86. The first-order valence-electron chi connectivity index (χ1n) is 8.51. The molecule has 142 valence electrons. The summed E-state index contributed by atoms with van der Waals surface area (Å²) < 4.78 is 22.3. The molecule has 0 N–H and O–H groups in total. The second-order valence-electron chi connectivity index (χ2n) is 7.34. The largest absolute Gasteiger partial charge is 0.462 e. The van der Waals surface area contributed by atoms with Gasteiger partial charge in [-0.2, -0.15) is 0 Å². The minimum absolute atomic E-state index is 0.194. The van der Waals surface area contributed by atoms with E-state index in [-0.39, 0.29) is 13.2 Å². The first-order chi connectivity index (χ1) is 11.7. The highest BCUT2D eigenvalue weighted by atomic mass is 16.7. The van der Waals surface area contributed by atoms with Crippen molar-refractivity contribution in [2.75, 3.05) is 26.4 Å². The molecule has 1 aliphatic heterocycles. The van der Waals surface area contributed by atoms with E-state index >= 15 is 0 Å². The van der Waals surface area contributed by atoms with Crippen LogP contribution >= 0.6 is 0 Å². The predicted molar refractivity (Wildman–Crippen MR) is 93.7 cm³/mol. The first kappa shape index (κ1) is 21.4. The van der Waals surface area contributed by atoms with E-state index in [4.69, 9.17) is 18.9 Å². The molecule has 0 bridgehead atoms. The predicted octanol–water partition coefficient (Wildman–Crippen LogP) is 3.02. The van der Waals surface area contributed by atoms with E-state index in [1.54, 1.807) is 6.92 Å². The van der Waals surface area contributed by atoms with Crippen molar-refractivity contribution in [1.82, 2.24) is 0 Å². The molecule has 0 saturated carbocycles. The third-order valence-corrected chi connectivity index (χ3v) is 4.17. The average molecular weight is 354 g/mol. The Hall–Kier alpha value is -1.66. The van der Waals surface area contributed by atoms with Gasteiger partial charge in [-0.25, -0.2) is 9.59 Å². The van der Waals surface area contributed by atoms with Gasteiger partial charge in [0.05, 0.1) is 18.6 Å². The van der Waals surface area contributed by atoms with Crippen LogP contribution in [-0.4, -0.2) is 44.7 Å². The number of carbonyl (C=O) groups excluding carboxylic acids is 2. The number of carbonyl (C=O) groups is 2. The van der Waals surface area contributed by atoms with Crippen LogP contribution in [0.3, 0.4) is 0 Å². The van der Waals surface area contributed by atoms with Gasteiger partial charge in [-0.1, -0.05) is 40.3 Å². The van der Waals surface area contributed by atoms with Crippen LogP contribution in [0, 0.1) is 10.8 Å². The molecule has 1 aliphatic rings. The van der Waals surface area contributed by atoms with E-state index < -0.39 is 29.1 Å². The number of ether oxygens (including phenoxy) is 4. The zero-order valence-electron chi connectivity index (χ0n) is 15.8. The third kappa shape index (κ3) is 6.29. The van der Waals surface area contributed by atoms with Gasteiger partial charge in [0.2, 0.25) is 0 Å². The van der Waals surface area contributed by atoms with Crippen LogP contribution in [0.25, 0.3) is 0 Å². The molecule has 0 spiro atoms. The van der Waals surface area contributed by atoms with Crippen LogP contribution in [0.4, 0.5) is 0 Å². The molecule has 0 aromatic carbocycles. The van der Waals surface area contributed by atoms with Crippen LogP contribution in [0.2, 0.25) is 0 Å². The van der Waals surface area contributed by atoms with Gasteiger partial charge in [-0.3, -0.25) is 0 Å². The summed E-state index contributed by atoms with van der Waals surface area (Å²) >= 11 is 0. The summed E-state index contributed by atoms with van der Waals surface area (Å²) in [6.07, 6.45) is 2.32. The first-order valence-corrected chi connectivity index (χ1v) is 8.51. The molecule has 0 aromatic rings. The topological polar surface area (TPSA) is 71.1 Å². The Morgan fingerprint density at radius 3 is 2.40 bits per heavy atom. The second-order valence-corrected chi connectivity index (χ2v) is 7.34. The third-order valence-electron chi connectivity index (χ3n) is 4.17. The summed E-state index contributed by atoms with van der Waals surface area (Å²) in [4.78, 5) is 22.9. The molecule has 1 rings (SSSR count). The minimum atomic E-state index is -0.492. The van der Waals surface area contributed by atoms with Crippen LogP contribution in [-0.2, 0) is 28.5 Å². The van der Waals surface area contributed by atoms with Crippen LogP contribution in [0.15, 0.2) is 24.8 Å². The van der Waals surface area contributed by atoms with E-state index in [2.05, 4.69) is 20.1 Å². The Bertz CT molecular complexity index is 504. The lowest BCUT2D eigenvalue weighted by molar-refractivity contribution is -0.281. The summed E-state index contributed by atoms with van der Waals surface area (Å²) in [5.74, 6) is -0.884. The molecule has 6 heteroatoms. The van der Waals surface area contributed by atoms with Crippen molar-refractivity contribution in [3.8, 4) is 0 Å². The summed E-state index contributed by atoms with van der Waals surface area (Å²) in [5, 5.41) is 0. The molecule has 1 atom stereocenters. The Morgan fingerprint density at radius 2 is 1.92 bits per heavy atom. The smallest absolute Gasteiger partial charge is 0.333 e. The van der Waals surface area contributed by atoms with Crippen molar-refractivity contribution >= 4 is 11.9 Å². The summed E-state index contributed by atoms with van der Waals surface area (Å²) in [7, 11) is 0. The molecule has 1 fully saturated rings. The molecule has 1 saturated heterocycles. The van der Waals surface area contributed by atoms with Crippen LogP contribution in [0.1, 0.15) is 40.5 Å². The maximum Gasteiger partial charge on any atom is 0.333 e. The monoisotopic (exact) mass is 354 g/mol. The quantitative estimate of drug-likeness (QED) is 0.468. The molecule has 0 amide bonds. The lowest BCUT2D eigenvalue weighted by Gasteiger charge is -2.44. The van der Waals surface area contributed by atoms with Crippen LogP contribution < -0.4 is 0 Å². The van der Waals surface area contributed by atoms with Crippen molar-refractivity contribution in [2.45, 2.75) is 46.8 Å². The Kier molecular flexibility index (Phi) is 7.83. The molecule has 25 heavy (non-hydrogen) atoms. The Labute approximate surface area is 150 Å². The van der Waals surface area contributed by atoms with Crippen molar-refractivity contribution in [1.29, 1.82) is 0 Å². The number of esters is 2. The molecule has 1 unspecified atom stereocenters. The molecule has 0 radical (unpaired) electrons. The zero-order chi connectivity index (χ0) is 19.1. The van der Waals surface area contributed by atoms with Crippen molar-refractivity contribution < 1.29 is 28.5 Å². The number of hydrogen-bond donors (Lipinski definition) is 0. The Morgan fingerprint density at radius 1 is 1.32 bits per heavy atom. The van der Waals surface area contributed by atoms with E-state index in [9.17, 15) is 9.59 Å². The zero-order valence-corrected chi connectivity index (χ0v) is 15.8. The maximum atomic E-state index is 11.7. The fraction of sp³-hybridized carbons (Fsp3) is 0.684. The molecule has 1 heterocycles. The molecule has 6 nitrogen and oxygen atoms in total. The van der Waals surface area contributed by atoms with Gasteiger partial charge in [0.15, 0.2) is 6.29 Å². The van der Waals surface area contributed by atoms with Gasteiger partial charge in [0, 0.05) is 17.1 Å². The van der Waals surface area contributed by atoms with Gasteiger partial charge in [0.25, 0.3) is 0 Å². The Balaban J connectivity index is 2.65.